The zero-order valence-corrected chi connectivity index (χ0v) is 18.1. The molecule has 0 fully saturated rings. The molecular formula is C26H28N2O3. The Morgan fingerprint density at radius 1 is 0.935 bits per heavy atom. The van der Waals surface area contributed by atoms with E-state index >= 15 is 0 Å². The second kappa shape index (κ2) is 10.4. The van der Waals surface area contributed by atoms with E-state index in [1.807, 2.05) is 75.4 Å². The maximum Gasteiger partial charge on any atom is 0.265 e. The van der Waals surface area contributed by atoms with Gasteiger partial charge >= 0.3 is 0 Å². The fraction of sp³-hybridized carbons (Fsp3) is 0.231. The number of carbonyl (C=O) groups excluding carboxylic acids is 2. The summed E-state index contributed by atoms with van der Waals surface area (Å²) in [4.78, 5) is 25.4. The molecular weight excluding hydrogens is 388 g/mol. The van der Waals surface area contributed by atoms with E-state index in [0.717, 1.165) is 11.1 Å². The van der Waals surface area contributed by atoms with Gasteiger partial charge in [0.05, 0.1) is 6.04 Å². The minimum Gasteiger partial charge on any atom is -0.481 e. The Bertz CT molecular complexity index is 1020. The Morgan fingerprint density at radius 3 is 2.32 bits per heavy atom. The van der Waals surface area contributed by atoms with Gasteiger partial charge < -0.3 is 15.4 Å². The minimum atomic E-state index is -0.627. The van der Waals surface area contributed by atoms with Gasteiger partial charge in [0.2, 0.25) is 0 Å². The number of hydrogen-bond donors (Lipinski definition) is 2. The first-order chi connectivity index (χ1) is 15.0. The Balaban J connectivity index is 1.64. The average molecular weight is 417 g/mol. The molecule has 0 aromatic heterocycles. The van der Waals surface area contributed by atoms with Crippen LogP contribution in [0.15, 0.2) is 78.9 Å². The van der Waals surface area contributed by atoms with Crippen molar-refractivity contribution in [2.75, 3.05) is 5.32 Å². The summed E-state index contributed by atoms with van der Waals surface area (Å²) in [5, 5.41) is 5.85. The molecule has 0 aliphatic rings. The molecule has 3 aromatic rings. The van der Waals surface area contributed by atoms with E-state index in [2.05, 4.69) is 10.6 Å². The van der Waals surface area contributed by atoms with Crippen LogP contribution in [-0.2, 0) is 4.79 Å². The average Bonchev–Trinajstić information content (AvgIpc) is 2.79. The molecule has 2 amide bonds. The summed E-state index contributed by atoms with van der Waals surface area (Å²) in [6.07, 6.45) is -0.104. The van der Waals surface area contributed by atoms with Crippen molar-refractivity contribution in [1.29, 1.82) is 0 Å². The predicted molar refractivity (Wildman–Crippen MR) is 123 cm³/mol. The van der Waals surface area contributed by atoms with Crippen LogP contribution in [-0.4, -0.2) is 17.9 Å². The molecule has 0 saturated heterocycles. The Labute approximate surface area is 183 Å². The number of nitrogens with one attached hydrogen (secondary N) is 2. The van der Waals surface area contributed by atoms with Crippen LogP contribution in [0.3, 0.4) is 0 Å². The summed E-state index contributed by atoms with van der Waals surface area (Å²) in [7, 11) is 0. The zero-order valence-electron chi connectivity index (χ0n) is 18.1. The monoisotopic (exact) mass is 416 g/mol. The highest BCUT2D eigenvalue weighted by atomic mass is 16.5. The SMILES string of the molecule is CCC(Oc1ccc(C)cc1)C(=O)Nc1cccc(C(=O)NC(C)c2ccccc2)c1. The van der Waals surface area contributed by atoms with Crippen molar-refractivity contribution in [1.82, 2.24) is 5.32 Å². The molecule has 160 valence electrons. The van der Waals surface area contributed by atoms with E-state index < -0.39 is 6.10 Å². The van der Waals surface area contributed by atoms with Crippen LogP contribution >= 0.6 is 0 Å². The largest absolute Gasteiger partial charge is 0.481 e. The highest BCUT2D eigenvalue weighted by Gasteiger charge is 2.19. The molecule has 0 bridgehead atoms. The molecule has 0 radical (unpaired) electrons. The van der Waals surface area contributed by atoms with Crippen LogP contribution < -0.4 is 15.4 Å². The molecule has 0 spiro atoms. The number of aryl methyl sites for hydroxylation is 1. The number of carbonyl (C=O) groups is 2. The molecule has 3 rings (SSSR count). The lowest BCUT2D eigenvalue weighted by Crippen LogP contribution is -2.32. The Morgan fingerprint density at radius 2 is 1.65 bits per heavy atom. The highest BCUT2D eigenvalue weighted by molar-refractivity contribution is 5.98. The lowest BCUT2D eigenvalue weighted by Gasteiger charge is -2.18. The van der Waals surface area contributed by atoms with Gasteiger partial charge in [-0.15, -0.1) is 0 Å². The molecule has 5 heteroatoms. The number of anilines is 1. The van der Waals surface area contributed by atoms with Gasteiger partial charge in [-0.3, -0.25) is 9.59 Å². The molecule has 2 unspecified atom stereocenters. The topological polar surface area (TPSA) is 67.4 Å². The van der Waals surface area contributed by atoms with Gasteiger partial charge in [0.1, 0.15) is 5.75 Å². The maximum absolute atomic E-state index is 12.7. The first-order valence-corrected chi connectivity index (χ1v) is 10.5. The zero-order chi connectivity index (χ0) is 22.2. The third-order valence-electron chi connectivity index (χ3n) is 5.00. The highest BCUT2D eigenvalue weighted by Crippen LogP contribution is 2.18. The Kier molecular flexibility index (Phi) is 7.44. The summed E-state index contributed by atoms with van der Waals surface area (Å²) in [6.45, 7) is 5.83. The van der Waals surface area contributed by atoms with Gasteiger partial charge in [0.15, 0.2) is 6.10 Å². The van der Waals surface area contributed by atoms with Crippen molar-refractivity contribution in [2.45, 2.75) is 39.3 Å². The van der Waals surface area contributed by atoms with Crippen LogP contribution in [0.25, 0.3) is 0 Å². The lowest BCUT2D eigenvalue weighted by molar-refractivity contribution is -0.122. The van der Waals surface area contributed by atoms with Crippen molar-refractivity contribution >= 4 is 17.5 Å². The number of amides is 2. The van der Waals surface area contributed by atoms with E-state index in [0.29, 0.717) is 23.4 Å². The smallest absolute Gasteiger partial charge is 0.265 e. The molecule has 0 saturated carbocycles. The summed E-state index contributed by atoms with van der Waals surface area (Å²) in [5.41, 5.74) is 3.19. The molecule has 2 N–H and O–H groups in total. The van der Waals surface area contributed by atoms with Crippen LogP contribution in [0.4, 0.5) is 5.69 Å². The maximum atomic E-state index is 12.7. The van der Waals surface area contributed by atoms with Gasteiger partial charge in [-0.2, -0.15) is 0 Å². The van der Waals surface area contributed by atoms with E-state index in [1.165, 1.54) is 0 Å². The summed E-state index contributed by atoms with van der Waals surface area (Å²) < 4.78 is 5.84. The molecule has 0 heterocycles. The van der Waals surface area contributed by atoms with Crippen LogP contribution in [0.2, 0.25) is 0 Å². The third kappa shape index (κ3) is 6.19. The number of ether oxygens (including phenoxy) is 1. The van der Waals surface area contributed by atoms with Crippen LogP contribution in [0.1, 0.15) is 47.8 Å². The van der Waals surface area contributed by atoms with Crippen LogP contribution in [0, 0.1) is 6.92 Å². The standard InChI is InChI=1S/C26H28N2O3/c1-4-24(31-23-15-13-18(2)14-16-23)26(30)28-22-12-8-11-21(17-22)25(29)27-19(3)20-9-6-5-7-10-20/h5-17,19,24H,4H2,1-3H3,(H,27,29)(H,28,30). The van der Waals surface area contributed by atoms with E-state index in [4.69, 9.17) is 4.74 Å². The van der Waals surface area contributed by atoms with Crippen molar-refractivity contribution in [3.8, 4) is 5.75 Å². The third-order valence-corrected chi connectivity index (χ3v) is 5.00. The molecule has 0 aliphatic carbocycles. The lowest BCUT2D eigenvalue weighted by atomic mass is 10.1. The quantitative estimate of drug-likeness (QED) is 0.525. The first-order valence-electron chi connectivity index (χ1n) is 10.5. The second-order valence-corrected chi connectivity index (χ2v) is 7.50. The van der Waals surface area contributed by atoms with Crippen LogP contribution in [0.5, 0.6) is 5.75 Å². The second-order valence-electron chi connectivity index (χ2n) is 7.50. The van der Waals surface area contributed by atoms with Gasteiger partial charge in [-0.1, -0.05) is 61.0 Å². The molecule has 0 aliphatic heterocycles. The van der Waals surface area contributed by atoms with E-state index in [1.54, 1.807) is 24.3 Å². The molecule has 31 heavy (non-hydrogen) atoms. The fourth-order valence-corrected chi connectivity index (χ4v) is 3.17. The minimum absolute atomic E-state index is 0.126. The fourth-order valence-electron chi connectivity index (χ4n) is 3.17. The van der Waals surface area contributed by atoms with Gasteiger partial charge in [-0.25, -0.2) is 0 Å². The number of hydrogen-bond acceptors (Lipinski definition) is 3. The van der Waals surface area contributed by atoms with Crippen molar-refractivity contribution in [2.24, 2.45) is 0 Å². The van der Waals surface area contributed by atoms with E-state index in [-0.39, 0.29) is 17.9 Å². The summed E-state index contributed by atoms with van der Waals surface area (Å²) in [5.74, 6) is 0.198. The van der Waals surface area contributed by atoms with Crippen molar-refractivity contribution in [3.63, 3.8) is 0 Å². The van der Waals surface area contributed by atoms with Gasteiger partial charge in [0.25, 0.3) is 11.8 Å². The summed E-state index contributed by atoms with van der Waals surface area (Å²) in [6, 6.07) is 24.1. The predicted octanol–water partition coefficient (Wildman–Crippen LogP) is 5.28. The van der Waals surface area contributed by atoms with Gasteiger partial charge in [0, 0.05) is 11.3 Å². The molecule has 5 nitrogen and oxygen atoms in total. The Hall–Kier alpha value is -3.60. The van der Waals surface area contributed by atoms with Gasteiger partial charge in [-0.05, 0) is 56.2 Å². The number of rotatable bonds is 8. The van der Waals surface area contributed by atoms with Crippen molar-refractivity contribution in [3.05, 3.63) is 95.6 Å². The first kappa shape index (κ1) is 22.1. The molecule has 3 aromatic carbocycles. The van der Waals surface area contributed by atoms with E-state index in [9.17, 15) is 9.59 Å². The number of benzene rings is 3. The summed E-state index contributed by atoms with van der Waals surface area (Å²) >= 11 is 0. The molecule has 2 atom stereocenters. The normalized spacial score (nSPS) is 12.5. The van der Waals surface area contributed by atoms with Crippen molar-refractivity contribution < 1.29 is 14.3 Å².